The topological polar surface area (TPSA) is 24.5 Å². The first-order chi connectivity index (χ1) is 8.78. The summed E-state index contributed by atoms with van der Waals surface area (Å²) >= 11 is 0. The van der Waals surface area contributed by atoms with Crippen LogP contribution < -0.4 is 5.32 Å². The molecule has 0 saturated carbocycles. The van der Waals surface area contributed by atoms with Crippen LogP contribution in [0.1, 0.15) is 39.0 Å². The normalized spacial score (nSPS) is 31.7. The van der Waals surface area contributed by atoms with Crippen molar-refractivity contribution in [3.05, 3.63) is 0 Å². The van der Waals surface area contributed by atoms with E-state index in [0.717, 1.165) is 25.7 Å². The summed E-state index contributed by atoms with van der Waals surface area (Å²) in [6.07, 6.45) is 6.70. The fourth-order valence-corrected chi connectivity index (χ4v) is 3.63. The zero-order valence-electron chi connectivity index (χ0n) is 12.2. The van der Waals surface area contributed by atoms with Crippen LogP contribution in [0.25, 0.3) is 0 Å². The minimum atomic E-state index is 0.367. The van der Waals surface area contributed by atoms with Crippen molar-refractivity contribution in [1.29, 1.82) is 0 Å². The van der Waals surface area contributed by atoms with Gasteiger partial charge in [0.25, 0.3) is 0 Å². The Labute approximate surface area is 112 Å². The Morgan fingerprint density at radius 2 is 2.11 bits per heavy atom. The van der Waals surface area contributed by atoms with Crippen molar-refractivity contribution in [2.45, 2.75) is 39.0 Å². The SMILES string of the molecule is CCC1CCN(CC2(CNC)CCCOC2)CC1. The van der Waals surface area contributed by atoms with Crippen LogP contribution in [-0.4, -0.2) is 51.3 Å². The van der Waals surface area contributed by atoms with E-state index in [9.17, 15) is 0 Å². The lowest BCUT2D eigenvalue weighted by molar-refractivity contribution is -0.0299. The molecule has 3 heteroatoms. The Kier molecular flexibility index (Phi) is 5.46. The molecular formula is C15H30N2O. The molecule has 2 aliphatic rings. The molecule has 2 heterocycles. The number of rotatable bonds is 5. The monoisotopic (exact) mass is 254 g/mol. The van der Waals surface area contributed by atoms with E-state index >= 15 is 0 Å². The predicted molar refractivity (Wildman–Crippen MR) is 75.9 cm³/mol. The average molecular weight is 254 g/mol. The van der Waals surface area contributed by atoms with Gasteiger partial charge in [0.2, 0.25) is 0 Å². The number of nitrogens with one attached hydrogen (secondary N) is 1. The molecule has 3 nitrogen and oxygen atoms in total. The lowest BCUT2D eigenvalue weighted by Gasteiger charge is -2.43. The third kappa shape index (κ3) is 3.69. The highest BCUT2D eigenvalue weighted by atomic mass is 16.5. The van der Waals surface area contributed by atoms with E-state index in [2.05, 4.69) is 24.2 Å². The first-order valence-electron chi connectivity index (χ1n) is 7.73. The average Bonchev–Trinajstić information content (AvgIpc) is 2.41. The van der Waals surface area contributed by atoms with Crippen LogP contribution in [0.5, 0.6) is 0 Å². The zero-order chi connectivity index (χ0) is 12.8. The predicted octanol–water partition coefficient (Wildman–Crippen LogP) is 2.12. The molecule has 1 N–H and O–H groups in total. The highest BCUT2D eigenvalue weighted by Crippen LogP contribution is 2.31. The van der Waals surface area contributed by atoms with Gasteiger partial charge in [0.15, 0.2) is 0 Å². The van der Waals surface area contributed by atoms with E-state index in [1.54, 1.807) is 0 Å². The quantitative estimate of drug-likeness (QED) is 0.813. The fourth-order valence-electron chi connectivity index (χ4n) is 3.63. The summed E-state index contributed by atoms with van der Waals surface area (Å²) in [4.78, 5) is 2.68. The van der Waals surface area contributed by atoms with Gasteiger partial charge in [0.1, 0.15) is 0 Å². The smallest absolute Gasteiger partial charge is 0.0546 e. The molecule has 2 rings (SSSR count). The number of hydrogen-bond donors (Lipinski definition) is 1. The molecule has 18 heavy (non-hydrogen) atoms. The Bertz CT molecular complexity index is 225. The standard InChI is InChI=1S/C15H30N2O/c1-3-14-5-8-17(9-6-14)12-15(11-16-2)7-4-10-18-13-15/h14,16H,3-13H2,1-2H3. The maximum Gasteiger partial charge on any atom is 0.0546 e. The van der Waals surface area contributed by atoms with E-state index in [1.165, 1.54) is 51.7 Å². The van der Waals surface area contributed by atoms with Crippen LogP contribution in [0.15, 0.2) is 0 Å². The molecule has 0 amide bonds. The summed E-state index contributed by atoms with van der Waals surface area (Å²) in [6, 6.07) is 0. The second kappa shape index (κ2) is 6.88. The second-order valence-corrected chi connectivity index (χ2v) is 6.31. The van der Waals surface area contributed by atoms with Gasteiger partial charge in [0, 0.05) is 25.1 Å². The molecule has 2 aliphatic heterocycles. The molecule has 2 saturated heterocycles. The Balaban J connectivity index is 1.85. The molecule has 0 radical (unpaired) electrons. The molecule has 0 bridgehead atoms. The van der Waals surface area contributed by atoms with E-state index in [0.29, 0.717) is 5.41 Å². The first-order valence-corrected chi connectivity index (χ1v) is 7.73. The Hall–Kier alpha value is -0.120. The molecule has 106 valence electrons. The fraction of sp³-hybridized carbons (Fsp3) is 1.00. The van der Waals surface area contributed by atoms with Crippen molar-refractivity contribution in [1.82, 2.24) is 10.2 Å². The summed E-state index contributed by atoms with van der Waals surface area (Å²) < 4.78 is 5.76. The highest BCUT2D eigenvalue weighted by Gasteiger charge is 2.35. The number of nitrogens with zero attached hydrogens (tertiary/aromatic N) is 1. The van der Waals surface area contributed by atoms with Gasteiger partial charge >= 0.3 is 0 Å². The van der Waals surface area contributed by atoms with E-state index in [4.69, 9.17) is 4.74 Å². The maximum absolute atomic E-state index is 5.76. The summed E-state index contributed by atoms with van der Waals surface area (Å²) in [5.74, 6) is 0.976. The van der Waals surface area contributed by atoms with Gasteiger partial charge in [-0.05, 0) is 51.7 Å². The van der Waals surface area contributed by atoms with E-state index < -0.39 is 0 Å². The number of ether oxygens (including phenoxy) is 1. The summed E-state index contributed by atoms with van der Waals surface area (Å²) in [7, 11) is 2.07. The van der Waals surface area contributed by atoms with Gasteiger partial charge in [-0.2, -0.15) is 0 Å². The van der Waals surface area contributed by atoms with Crippen LogP contribution in [0.2, 0.25) is 0 Å². The van der Waals surface area contributed by atoms with Gasteiger partial charge in [0.05, 0.1) is 6.61 Å². The molecule has 0 aromatic rings. The third-order valence-electron chi connectivity index (χ3n) is 4.80. The number of likely N-dealkylation sites (tertiary alicyclic amines) is 1. The molecule has 1 atom stereocenters. The Morgan fingerprint density at radius 1 is 1.33 bits per heavy atom. The molecule has 0 aliphatic carbocycles. The molecule has 0 spiro atoms. The second-order valence-electron chi connectivity index (χ2n) is 6.31. The molecule has 0 aromatic carbocycles. The van der Waals surface area contributed by atoms with Crippen molar-refractivity contribution in [3.8, 4) is 0 Å². The van der Waals surface area contributed by atoms with Gasteiger partial charge in [-0.1, -0.05) is 13.3 Å². The van der Waals surface area contributed by atoms with Gasteiger partial charge in [-0.15, -0.1) is 0 Å². The lowest BCUT2D eigenvalue weighted by Crippen LogP contribution is -2.50. The molecule has 0 aromatic heterocycles. The molecular weight excluding hydrogens is 224 g/mol. The van der Waals surface area contributed by atoms with Gasteiger partial charge in [-0.3, -0.25) is 0 Å². The van der Waals surface area contributed by atoms with Crippen molar-refractivity contribution in [2.24, 2.45) is 11.3 Å². The van der Waals surface area contributed by atoms with Crippen LogP contribution in [0.3, 0.4) is 0 Å². The van der Waals surface area contributed by atoms with Crippen LogP contribution in [-0.2, 0) is 4.74 Å². The Morgan fingerprint density at radius 3 is 2.67 bits per heavy atom. The summed E-state index contributed by atoms with van der Waals surface area (Å²) in [5.41, 5.74) is 0.367. The molecule has 2 fully saturated rings. The minimum absolute atomic E-state index is 0.367. The van der Waals surface area contributed by atoms with Gasteiger partial charge in [-0.25, -0.2) is 0 Å². The highest BCUT2D eigenvalue weighted by molar-refractivity contribution is 4.88. The van der Waals surface area contributed by atoms with Crippen molar-refractivity contribution < 1.29 is 4.74 Å². The maximum atomic E-state index is 5.76. The third-order valence-corrected chi connectivity index (χ3v) is 4.80. The van der Waals surface area contributed by atoms with E-state index in [1.807, 2.05) is 0 Å². The van der Waals surface area contributed by atoms with E-state index in [-0.39, 0.29) is 0 Å². The summed E-state index contributed by atoms with van der Waals surface area (Å²) in [6.45, 7) is 9.15. The lowest BCUT2D eigenvalue weighted by atomic mass is 9.81. The van der Waals surface area contributed by atoms with Crippen molar-refractivity contribution in [3.63, 3.8) is 0 Å². The number of piperidine rings is 1. The van der Waals surface area contributed by atoms with Crippen LogP contribution in [0, 0.1) is 11.3 Å². The minimum Gasteiger partial charge on any atom is -0.381 e. The van der Waals surface area contributed by atoms with Crippen LogP contribution in [0.4, 0.5) is 0 Å². The largest absolute Gasteiger partial charge is 0.381 e. The first kappa shape index (κ1) is 14.3. The zero-order valence-corrected chi connectivity index (χ0v) is 12.2. The van der Waals surface area contributed by atoms with Crippen molar-refractivity contribution >= 4 is 0 Å². The number of hydrogen-bond acceptors (Lipinski definition) is 3. The summed E-state index contributed by atoms with van der Waals surface area (Å²) in [5, 5.41) is 3.38. The molecule has 1 unspecified atom stereocenters. The van der Waals surface area contributed by atoms with Gasteiger partial charge < -0.3 is 15.0 Å². The van der Waals surface area contributed by atoms with Crippen LogP contribution >= 0.6 is 0 Å². The van der Waals surface area contributed by atoms with Crippen molar-refractivity contribution in [2.75, 3.05) is 46.4 Å².